The standard InChI is InChI=1S/C12H28N2/c1-6-14(10-11(2)9-13)8-7-12(3,4)5/h11H,6-10,13H2,1-5H3. The molecule has 0 heterocycles. The first-order valence-electron chi connectivity index (χ1n) is 5.81. The van der Waals surface area contributed by atoms with Gasteiger partial charge in [-0.2, -0.15) is 0 Å². The van der Waals surface area contributed by atoms with Gasteiger partial charge in [0.2, 0.25) is 0 Å². The van der Waals surface area contributed by atoms with Crippen LogP contribution in [0.15, 0.2) is 0 Å². The Hall–Kier alpha value is -0.0800. The minimum atomic E-state index is 0.444. The highest BCUT2D eigenvalue weighted by Gasteiger charge is 2.13. The lowest BCUT2D eigenvalue weighted by Gasteiger charge is -2.27. The van der Waals surface area contributed by atoms with E-state index in [2.05, 4.69) is 39.5 Å². The van der Waals surface area contributed by atoms with Crippen LogP contribution >= 0.6 is 0 Å². The fraction of sp³-hybridized carbons (Fsp3) is 1.00. The normalized spacial score (nSPS) is 14.8. The fourth-order valence-electron chi connectivity index (χ4n) is 1.39. The Labute approximate surface area is 89.9 Å². The highest BCUT2D eigenvalue weighted by molar-refractivity contribution is 4.67. The summed E-state index contributed by atoms with van der Waals surface area (Å²) in [6, 6.07) is 0. The van der Waals surface area contributed by atoms with E-state index in [1.807, 2.05) is 0 Å². The molecule has 0 spiro atoms. The number of nitrogens with zero attached hydrogens (tertiary/aromatic N) is 1. The number of nitrogens with two attached hydrogens (primary N) is 1. The van der Waals surface area contributed by atoms with Crippen molar-refractivity contribution in [1.29, 1.82) is 0 Å². The van der Waals surface area contributed by atoms with Crippen LogP contribution in [0.3, 0.4) is 0 Å². The Balaban J connectivity index is 3.80. The van der Waals surface area contributed by atoms with Gasteiger partial charge in [-0.25, -0.2) is 0 Å². The lowest BCUT2D eigenvalue weighted by atomic mass is 9.92. The van der Waals surface area contributed by atoms with Crippen molar-refractivity contribution in [3.63, 3.8) is 0 Å². The molecule has 0 rings (SSSR count). The smallest absolute Gasteiger partial charge is 0.00190 e. The van der Waals surface area contributed by atoms with Gasteiger partial charge in [-0.05, 0) is 37.4 Å². The molecule has 0 aromatic heterocycles. The van der Waals surface area contributed by atoms with E-state index < -0.39 is 0 Å². The molecule has 0 radical (unpaired) electrons. The van der Waals surface area contributed by atoms with Crippen molar-refractivity contribution in [2.45, 2.75) is 41.0 Å². The first-order chi connectivity index (χ1) is 6.39. The summed E-state index contributed by atoms with van der Waals surface area (Å²) in [5, 5.41) is 0. The topological polar surface area (TPSA) is 29.3 Å². The van der Waals surface area contributed by atoms with E-state index in [0.29, 0.717) is 11.3 Å². The lowest BCUT2D eigenvalue weighted by molar-refractivity contribution is 0.213. The summed E-state index contributed by atoms with van der Waals surface area (Å²) < 4.78 is 0. The molecular weight excluding hydrogens is 172 g/mol. The maximum Gasteiger partial charge on any atom is 0.00190 e. The third-order valence-electron chi connectivity index (χ3n) is 2.60. The molecule has 86 valence electrons. The Morgan fingerprint density at radius 2 is 1.86 bits per heavy atom. The molecule has 1 unspecified atom stereocenters. The monoisotopic (exact) mass is 200 g/mol. The van der Waals surface area contributed by atoms with Gasteiger partial charge in [-0.1, -0.05) is 34.6 Å². The van der Waals surface area contributed by atoms with Gasteiger partial charge in [-0.3, -0.25) is 0 Å². The summed E-state index contributed by atoms with van der Waals surface area (Å²) in [5.41, 5.74) is 6.07. The molecule has 0 amide bonds. The zero-order chi connectivity index (χ0) is 11.2. The molecule has 1 atom stereocenters. The van der Waals surface area contributed by atoms with E-state index in [1.165, 1.54) is 13.0 Å². The molecule has 2 nitrogen and oxygen atoms in total. The number of rotatable bonds is 6. The van der Waals surface area contributed by atoms with Gasteiger partial charge in [0.05, 0.1) is 0 Å². The molecule has 0 aromatic rings. The van der Waals surface area contributed by atoms with E-state index in [-0.39, 0.29) is 0 Å². The van der Waals surface area contributed by atoms with Crippen molar-refractivity contribution < 1.29 is 0 Å². The molecule has 0 fully saturated rings. The fourth-order valence-corrected chi connectivity index (χ4v) is 1.39. The van der Waals surface area contributed by atoms with Crippen molar-refractivity contribution in [3.8, 4) is 0 Å². The van der Waals surface area contributed by atoms with E-state index in [1.54, 1.807) is 0 Å². The molecule has 0 aliphatic rings. The third kappa shape index (κ3) is 7.34. The Morgan fingerprint density at radius 1 is 1.29 bits per heavy atom. The van der Waals surface area contributed by atoms with Gasteiger partial charge in [-0.15, -0.1) is 0 Å². The van der Waals surface area contributed by atoms with Crippen LogP contribution in [-0.2, 0) is 0 Å². The van der Waals surface area contributed by atoms with Gasteiger partial charge >= 0.3 is 0 Å². The summed E-state index contributed by atoms with van der Waals surface area (Å²) in [4.78, 5) is 2.50. The van der Waals surface area contributed by atoms with Crippen LogP contribution in [0.5, 0.6) is 0 Å². The van der Waals surface area contributed by atoms with Crippen molar-refractivity contribution in [3.05, 3.63) is 0 Å². The van der Waals surface area contributed by atoms with Crippen LogP contribution in [0.2, 0.25) is 0 Å². The largest absolute Gasteiger partial charge is 0.330 e. The molecule has 2 N–H and O–H groups in total. The molecule has 0 bridgehead atoms. The summed E-state index contributed by atoms with van der Waals surface area (Å²) in [6.07, 6.45) is 1.26. The Morgan fingerprint density at radius 3 is 2.21 bits per heavy atom. The lowest BCUT2D eigenvalue weighted by Crippen LogP contribution is -2.33. The molecular formula is C12H28N2. The maximum atomic E-state index is 5.63. The minimum Gasteiger partial charge on any atom is -0.330 e. The molecule has 2 heteroatoms. The van der Waals surface area contributed by atoms with Gasteiger partial charge in [0.1, 0.15) is 0 Å². The van der Waals surface area contributed by atoms with E-state index >= 15 is 0 Å². The van der Waals surface area contributed by atoms with Crippen molar-refractivity contribution in [2.24, 2.45) is 17.1 Å². The highest BCUT2D eigenvalue weighted by atomic mass is 15.1. The van der Waals surface area contributed by atoms with Gasteiger partial charge in [0.25, 0.3) is 0 Å². The SMILES string of the molecule is CCN(CCC(C)(C)C)CC(C)CN. The Kier molecular flexibility index (Phi) is 6.38. The van der Waals surface area contributed by atoms with Crippen LogP contribution in [0.4, 0.5) is 0 Å². The first-order valence-corrected chi connectivity index (χ1v) is 5.81. The third-order valence-corrected chi connectivity index (χ3v) is 2.60. The number of hydrogen-bond donors (Lipinski definition) is 1. The van der Waals surface area contributed by atoms with Crippen molar-refractivity contribution in [1.82, 2.24) is 4.90 Å². The first kappa shape index (κ1) is 13.9. The predicted molar refractivity (Wildman–Crippen MR) is 64.4 cm³/mol. The van der Waals surface area contributed by atoms with Crippen LogP contribution in [-0.4, -0.2) is 31.1 Å². The molecule has 0 saturated carbocycles. The summed E-state index contributed by atoms with van der Waals surface area (Å²) in [7, 11) is 0. The minimum absolute atomic E-state index is 0.444. The van der Waals surface area contributed by atoms with E-state index in [0.717, 1.165) is 19.6 Å². The second kappa shape index (κ2) is 6.41. The zero-order valence-electron chi connectivity index (χ0n) is 10.6. The molecule has 0 aliphatic carbocycles. The summed E-state index contributed by atoms with van der Waals surface area (Å²) >= 11 is 0. The van der Waals surface area contributed by atoms with E-state index in [4.69, 9.17) is 5.73 Å². The van der Waals surface area contributed by atoms with Gasteiger partial charge < -0.3 is 10.6 Å². The van der Waals surface area contributed by atoms with Gasteiger partial charge in [0, 0.05) is 6.54 Å². The molecule has 0 aromatic carbocycles. The number of hydrogen-bond acceptors (Lipinski definition) is 2. The van der Waals surface area contributed by atoms with Gasteiger partial charge in [0.15, 0.2) is 0 Å². The highest BCUT2D eigenvalue weighted by Crippen LogP contribution is 2.18. The van der Waals surface area contributed by atoms with E-state index in [9.17, 15) is 0 Å². The van der Waals surface area contributed by atoms with Crippen LogP contribution in [0, 0.1) is 11.3 Å². The summed E-state index contributed by atoms with van der Waals surface area (Å²) in [6.45, 7) is 15.6. The quantitative estimate of drug-likeness (QED) is 0.713. The van der Waals surface area contributed by atoms with Crippen LogP contribution in [0.25, 0.3) is 0 Å². The zero-order valence-corrected chi connectivity index (χ0v) is 10.6. The Bertz CT molecular complexity index is 138. The maximum absolute atomic E-state index is 5.63. The van der Waals surface area contributed by atoms with Crippen LogP contribution in [0.1, 0.15) is 41.0 Å². The molecule has 0 aliphatic heterocycles. The van der Waals surface area contributed by atoms with Crippen molar-refractivity contribution in [2.75, 3.05) is 26.2 Å². The molecule has 0 saturated heterocycles. The van der Waals surface area contributed by atoms with Crippen molar-refractivity contribution >= 4 is 0 Å². The molecule has 14 heavy (non-hydrogen) atoms. The second-order valence-corrected chi connectivity index (χ2v) is 5.54. The predicted octanol–water partition coefficient (Wildman–Crippen LogP) is 2.34. The second-order valence-electron chi connectivity index (χ2n) is 5.54. The average molecular weight is 200 g/mol. The summed E-state index contributed by atoms with van der Waals surface area (Å²) in [5.74, 6) is 0.620. The average Bonchev–Trinajstić information content (AvgIpc) is 2.10. The van der Waals surface area contributed by atoms with Crippen LogP contribution < -0.4 is 5.73 Å².